The van der Waals surface area contributed by atoms with Crippen LogP contribution in [-0.2, 0) is 0 Å². The molecular weight excluding hydrogens is 471 g/mol. The fourth-order valence-corrected chi connectivity index (χ4v) is 5.79. The molecule has 0 atom stereocenters. The molecule has 0 aliphatic rings. The molecule has 6 aromatic carbocycles. The molecule has 39 heavy (non-hydrogen) atoms. The van der Waals surface area contributed by atoms with Crippen LogP contribution in [0, 0.1) is 0 Å². The van der Waals surface area contributed by atoms with Gasteiger partial charge >= 0.3 is 11.2 Å². The summed E-state index contributed by atoms with van der Waals surface area (Å²) in [6.45, 7) is 0. The SMILES string of the molecule is c1ccc([B-](c2ccccc2)(c2ccccc2)c2ccccc2)cc1.c1ccc2[o+]c3ccccc3cc2c1. The molecule has 0 aliphatic carbocycles. The molecule has 0 radical (unpaired) electrons. The normalized spacial score (nSPS) is 11.1. The van der Waals surface area contributed by atoms with Crippen molar-refractivity contribution < 1.29 is 4.42 Å². The Morgan fingerprint density at radius 3 is 0.923 bits per heavy atom. The van der Waals surface area contributed by atoms with Gasteiger partial charge in [-0.3, -0.25) is 0 Å². The minimum atomic E-state index is -1.22. The lowest BCUT2D eigenvalue weighted by Gasteiger charge is -2.44. The van der Waals surface area contributed by atoms with Crippen LogP contribution in [0.4, 0.5) is 0 Å². The number of hydrogen-bond acceptors (Lipinski definition) is 0. The van der Waals surface area contributed by atoms with Crippen LogP contribution in [0.25, 0.3) is 21.9 Å². The maximum atomic E-state index is 5.75. The molecule has 0 saturated carbocycles. The van der Waals surface area contributed by atoms with Gasteiger partial charge < -0.3 is 0 Å². The molecule has 186 valence electrons. The van der Waals surface area contributed by atoms with Crippen LogP contribution in [0.1, 0.15) is 0 Å². The van der Waals surface area contributed by atoms with E-state index in [0.717, 1.165) is 21.9 Å². The van der Waals surface area contributed by atoms with Crippen LogP contribution < -0.4 is 21.9 Å². The largest absolute Gasteiger partial charge is 0.360 e. The molecule has 0 N–H and O–H groups in total. The van der Waals surface area contributed by atoms with Gasteiger partial charge in [-0.1, -0.05) is 146 Å². The predicted octanol–water partition coefficient (Wildman–Crippen LogP) is 6.93. The Labute approximate surface area is 229 Å². The van der Waals surface area contributed by atoms with E-state index in [1.54, 1.807) is 0 Å². The van der Waals surface area contributed by atoms with E-state index in [1.165, 1.54) is 21.9 Å². The molecule has 1 aromatic heterocycles. The lowest BCUT2D eigenvalue weighted by Crippen LogP contribution is -2.74. The summed E-state index contributed by atoms with van der Waals surface area (Å²) in [6, 6.07) is 61.8. The van der Waals surface area contributed by atoms with Crippen molar-refractivity contribution in [3.63, 3.8) is 0 Å². The van der Waals surface area contributed by atoms with Crippen molar-refractivity contribution in [3.05, 3.63) is 176 Å². The number of hydrogen-bond donors (Lipinski definition) is 0. The van der Waals surface area contributed by atoms with Gasteiger partial charge in [-0.05, 0) is 18.2 Å². The highest BCUT2D eigenvalue weighted by Crippen LogP contribution is 2.22. The smallest absolute Gasteiger partial charge is 0.207 e. The maximum absolute atomic E-state index is 5.75. The molecule has 7 aromatic rings. The molecule has 0 fully saturated rings. The van der Waals surface area contributed by atoms with Crippen molar-refractivity contribution in [2.45, 2.75) is 0 Å². The minimum absolute atomic E-state index is 0.936. The van der Waals surface area contributed by atoms with Crippen molar-refractivity contribution in [2.24, 2.45) is 0 Å². The van der Waals surface area contributed by atoms with Crippen molar-refractivity contribution in [2.75, 3.05) is 0 Å². The molecule has 0 saturated heterocycles. The Bertz CT molecular complexity index is 1520. The molecule has 1 nitrogen and oxygen atoms in total. The molecule has 0 bridgehead atoms. The van der Waals surface area contributed by atoms with Crippen LogP contribution in [0.5, 0.6) is 0 Å². The maximum Gasteiger partial charge on any atom is 0.360 e. The standard InChI is InChI=1S/C24H20B.C13H9O/c1-5-13-21(14-6-1)25(22-15-7-2-8-16-22,23-17-9-3-10-18-23)24-19-11-4-12-20-24;1-3-7-12-10(5-1)9-11-6-2-4-8-13(11)14-12/h1-20H;1-9H/q-1;+1. The molecule has 0 aliphatic heterocycles. The van der Waals surface area contributed by atoms with Crippen LogP contribution in [0.15, 0.2) is 180 Å². The second kappa shape index (κ2) is 11.2. The van der Waals surface area contributed by atoms with Gasteiger partial charge in [0.15, 0.2) is 0 Å². The zero-order chi connectivity index (χ0) is 26.3. The Kier molecular flexibility index (Phi) is 7.01. The molecule has 1 heterocycles. The first-order valence-corrected chi connectivity index (χ1v) is 13.4. The van der Waals surface area contributed by atoms with E-state index in [2.05, 4.69) is 140 Å². The van der Waals surface area contributed by atoms with Gasteiger partial charge in [-0.2, -0.15) is 21.9 Å². The number of fused-ring (bicyclic) bond motifs is 2. The summed E-state index contributed by atoms with van der Waals surface area (Å²) in [5.74, 6) is 0. The number of benzene rings is 6. The third-order valence-electron chi connectivity index (χ3n) is 7.57. The highest BCUT2D eigenvalue weighted by molar-refractivity contribution is 7.19. The zero-order valence-corrected chi connectivity index (χ0v) is 21.7. The fourth-order valence-electron chi connectivity index (χ4n) is 5.79. The fraction of sp³-hybridized carbons (Fsp3) is 0. The van der Waals surface area contributed by atoms with Crippen molar-refractivity contribution in [1.82, 2.24) is 0 Å². The number of para-hydroxylation sites is 2. The Hall–Kier alpha value is -4.95. The molecule has 0 unspecified atom stereocenters. The first-order valence-electron chi connectivity index (χ1n) is 13.4. The summed E-state index contributed by atoms with van der Waals surface area (Å²) >= 11 is 0. The van der Waals surface area contributed by atoms with Crippen molar-refractivity contribution in [1.29, 1.82) is 0 Å². The van der Waals surface area contributed by atoms with E-state index in [0.29, 0.717) is 0 Å². The quantitative estimate of drug-likeness (QED) is 0.145. The van der Waals surface area contributed by atoms with E-state index >= 15 is 0 Å². The van der Waals surface area contributed by atoms with E-state index in [1.807, 2.05) is 36.4 Å². The summed E-state index contributed by atoms with van der Waals surface area (Å²) in [5.41, 5.74) is 7.23. The third-order valence-corrected chi connectivity index (χ3v) is 7.57. The third kappa shape index (κ3) is 4.85. The van der Waals surface area contributed by atoms with Crippen LogP contribution in [-0.4, -0.2) is 6.15 Å². The summed E-state index contributed by atoms with van der Waals surface area (Å²) < 4.78 is 5.75. The predicted molar refractivity (Wildman–Crippen MR) is 168 cm³/mol. The topological polar surface area (TPSA) is 11.3 Å². The van der Waals surface area contributed by atoms with Gasteiger partial charge in [0, 0.05) is 12.1 Å². The monoisotopic (exact) mass is 500 g/mol. The van der Waals surface area contributed by atoms with Gasteiger partial charge in [0.1, 0.15) is 6.15 Å². The highest BCUT2D eigenvalue weighted by Gasteiger charge is 2.31. The first-order chi connectivity index (χ1) is 19.4. The average Bonchev–Trinajstić information content (AvgIpc) is 3.03. The summed E-state index contributed by atoms with van der Waals surface area (Å²) in [4.78, 5) is 0. The molecule has 2 heteroatoms. The van der Waals surface area contributed by atoms with Crippen molar-refractivity contribution in [3.8, 4) is 0 Å². The van der Waals surface area contributed by atoms with E-state index < -0.39 is 6.15 Å². The number of rotatable bonds is 4. The molecule has 0 amide bonds. The van der Waals surface area contributed by atoms with Gasteiger partial charge in [0.25, 0.3) is 0 Å². The van der Waals surface area contributed by atoms with Crippen molar-refractivity contribution >= 4 is 49.9 Å². The second-order valence-corrected chi connectivity index (χ2v) is 9.83. The first kappa shape index (κ1) is 24.4. The molecular formula is C37H29BO. The lowest BCUT2D eigenvalue weighted by molar-refractivity contribution is 0.661. The summed E-state index contributed by atoms with van der Waals surface area (Å²) in [5, 5.41) is 2.29. The van der Waals surface area contributed by atoms with Crippen LogP contribution in [0.3, 0.4) is 0 Å². The van der Waals surface area contributed by atoms with Gasteiger partial charge in [0.2, 0.25) is 0 Å². The molecule has 0 spiro atoms. The van der Waals surface area contributed by atoms with E-state index in [-0.39, 0.29) is 0 Å². The Morgan fingerprint density at radius 2 is 0.590 bits per heavy atom. The van der Waals surface area contributed by atoms with Gasteiger partial charge in [-0.25, -0.2) is 4.42 Å². The Morgan fingerprint density at radius 1 is 0.308 bits per heavy atom. The second-order valence-electron chi connectivity index (χ2n) is 9.83. The zero-order valence-electron chi connectivity index (χ0n) is 21.7. The van der Waals surface area contributed by atoms with Crippen LogP contribution in [0.2, 0.25) is 0 Å². The van der Waals surface area contributed by atoms with Crippen LogP contribution >= 0.6 is 0 Å². The van der Waals surface area contributed by atoms with Gasteiger partial charge in [-0.15, -0.1) is 0 Å². The van der Waals surface area contributed by atoms with E-state index in [4.69, 9.17) is 4.42 Å². The minimum Gasteiger partial charge on any atom is -0.207 e. The average molecular weight is 500 g/mol. The highest BCUT2D eigenvalue weighted by atomic mass is 16.3. The Balaban J connectivity index is 0.000000166. The lowest BCUT2D eigenvalue weighted by atomic mass is 9.13. The van der Waals surface area contributed by atoms with E-state index in [9.17, 15) is 0 Å². The summed E-state index contributed by atoms with van der Waals surface area (Å²) in [7, 11) is 0. The summed E-state index contributed by atoms with van der Waals surface area (Å²) in [6.07, 6.45) is -1.22. The van der Waals surface area contributed by atoms with Gasteiger partial charge in [0.05, 0.1) is 10.8 Å². The molecule has 7 rings (SSSR count).